The van der Waals surface area contributed by atoms with E-state index >= 15 is 0 Å². The fourth-order valence-corrected chi connectivity index (χ4v) is 2.45. The van der Waals surface area contributed by atoms with Crippen LogP contribution in [-0.2, 0) is 6.54 Å². The first-order valence-corrected chi connectivity index (χ1v) is 6.66. The van der Waals surface area contributed by atoms with Crippen molar-refractivity contribution in [1.82, 2.24) is 4.57 Å². The van der Waals surface area contributed by atoms with E-state index in [0.717, 1.165) is 4.57 Å². The third-order valence-electron chi connectivity index (χ3n) is 3.47. The second kappa shape index (κ2) is 5.44. The van der Waals surface area contributed by atoms with Crippen LogP contribution >= 0.6 is 0 Å². The summed E-state index contributed by atoms with van der Waals surface area (Å²) in [5.41, 5.74) is 0.00704. The second-order valence-corrected chi connectivity index (χ2v) is 4.94. The number of aromatic nitrogens is 1. The van der Waals surface area contributed by atoms with Crippen LogP contribution in [0.1, 0.15) is 16.1 Å². The highest BCUT2D eigenvalue weighted by Crippen LogP contribution is 2.14. The summed E-state index contributed by atoms with van der Waals surface area (Å²) in [6, 6.07) is 14.0. The zero-order chi connectivity index (χ0) is 15.7. The van der Waals surface area contributed by atoms with Gasteiger partial charge in [0.05, 0.1) is 6.54 Å². The van der Waals surface area contributed by atoms with Crippen LogP contribution in [-0.4, -0.2) is 15.6 Å². The van der Waals surface area contributed by atoms with Gasteiger partial charge in [-0.05, 0) is 35.2 Å². The zero-order valence-electron chi connectivity index (χ0n) is 11.5. The van der Waals surface area contributed by atoms with E-state index in [9.17, 15) is 19.1 Å². The first-order chi connectivity index (χ1) is 10.6. The molecule has 0 saturated heterocycles. The van der Waals surface area contributed by atoms with Gasteiger partial charge in [0.15, 0.2) is 0 Å². The average molecular weight is 297 g/mol. The Kier molecular flexibility index (Phi) is 3.47. The van der Waals surface area contributed by atoms with Crippen molar-refractivity contribution in [2.24, 2.45) is 0 Å². The predicted molar refractivity (Wildman–Crippen MR) is 80.7 cm³/mol. The van der Waals surface area contributed by atoms with Gasteiger partial charge in [-0.25, -0.2) is 9.18 Å². The molecule has 0 atom stereocenters. The van der Waals surface area contributed by atoms with Gasteiger partial charge in [0.2, 0.25) is 0 Å². The van der Waals surface area contributed by atoms with Gasteiger partial charge in [-0.2, -0.15) is 0 Å². The number of hydrogen-bond acceptors (Lipinski definition) is 2. The molecule has 0 fully saturated rings. The molecule has 4 nitrogen and oxygen atoms in total. The number of fused-ring (bicyclic) bond motifs is 1. The van der Waals surface area contributed by atoms with E-state index in [1.807, 2.05) is 0 Å². The van der Waals surface area contributed by atoms with Crippen LogP contribution in [0.2, 0.25) is 0 Å². The molecule has 1 heterocycles. The first-order valence-electron chi connectivity index (χ1n) is 6.66. The van der Waals surface area contributed by atoms with E-state index in [4.69, 9.17) is 0 Å². The molecule has 0 amide bonds. The molecule has 5 heteroatoms. The highest BCUT2D eigenvalue weighted by molar-refractivity contribution is 5.92. The number of rotatable bonds is 3. The van der Waals surface area contributed by atoms with E-state index in [1.54, 1.807) is 30.3 Å². The molecule has 3 aromatic rings. The molecule has 3 rings (SSSR count). The predicted octanol–water partition coefficient (Wildman–Crippen LogP) is 2.89. The number of aromatic carboxylic acids is 1. The molecule has 110 valence electrons. The van der Waals surface area contributed by atoms with Gasteiger partial charge < -0.3 is 5.11 Å². The summed E-state index contributed by atoms with van der Waals surface area (Å²) < 4.78 is 14.4. The van der Waals surface area contributed by atoms with E-state index in [0.29, 0.717) is 16.3 Å². The molecule has 0 aliphatic heterocycles. The lowest BCUT2D eigenvalue weighted by Crippen LogP contribution is -2.26. The van der Waals surface area contributed by atoms with Crippen molar-refractivity contribution >= 4 is 16.7 Å². The van der Waals surface area contributed by atoms with Crippen LogP contribution in [0.15, 0.2) is 59.4 Å². The summed E-state index contributed by atoms with van der Waals surface area (Å²) in [6.45, 7) is 0.00304. The number of carboxylic acid groups (broad SMARTS) is 1. The van der Waals surface area contributed by atoms with Crippen LogP contribution in [0.3, 0.4) is 0 Å². The largest absolute Gasteiger partial charge is 0.477 e. The maximum Gasteiger partial charge on any atom is 0.352 e. The molecule has 0 bridgehead atoms. The Morgan fingerprint density at radius 3 is 2.59 bits per heavy atom. The molecule has 1 aromatic heterocycles. The van der Waals surface area contributed by atoms with Crippen LogP contribution in [0.4, 0.5) is 4.39 Å². The number of pyridine rings is 1. The third-order valence-corrected chi connectivity index (χ3v) is 3.47. The molecule has 0 saturated carbocycles. The third kappa shape index (κ3) is 2.48. The molecular weight excluding hydrogens is 285 g/mol. The van der Waals surface area contributed by atoms with Crippen molar-refractivity contribution in [2.75, 3.05) is 0 Å². The Morgan fingerprint density at radius 1 is 1.09 bits per heavy atom. The summed E-state index contributed by atoms with van der Waals surface area (Å²) >= 11 is 0. The molecule has 1 N–H and O–H groups in total. The van der Waals surface area contributed by atoms with E-state index < -0.39 is 17.3 Å². The van der Waals surface area contributed by atoms with Gasteiger partial charge in [-0.15, -0.1) is 0 Å². The Hall–Kier alpha value is -2.95. The van der Waals surface area contributed by atoms with Gasteiger partial charge in [0.25, 0.3) is 5.56 Å². The van der Waals surface area contributed by atoms with Crippen molar-refractivity contribution < 1.29 is 14.3 Å². The van der Waals surface area contributed by atoms with Gasteiger partial charge in [0.1, 0.15) is 11.5 Å². The number of halogens is 1. The summed E-state index contributed by atoms with van der Waals surface area (Å²) in [6.07, 6.45) is 0. The Morgan fingerprint density at radius 2 is 1.86 bits per heavy atom. The van der Waals surface area contributed by atoms with Gasteiger partial charge in [-0.3, -0.25) is 9.36 Å². The van der Waals surface area contributed by atoms with Crippen molar-refractivity contribution in [3.63, 3.8) is 0 Å². The lowest BCUT2D eigenvalue weighted by molar-refractivity contribution is 0.0684. The number of carbonyl (C=O) groups is 1. The number of benzene rings is 2. The second-order valence-electron chi connectivity index (χ2n) is 4.94. The standard InChI is InChI=1S/C17H12FNO3/c18-13-6-3-4-11(8-13)10-19-15(17(21)22)9-12-5-1-2-7-14(12)16(19)20/h1-9H,10H2,(H,21,22). The van der Waals surface area contributed by atoms with Crippen LogP contribution in [0, 0.1) is 5.82 Å². The maximum absolute atomic E-state index is 13.3. The fraction of sp³-hybridized carbons (Fsp3) is 0.0588. The number of carboxylic acids is 1. The molecule has 0 aliphatic rings. The van der Waals surface area contributed by atoms with Gasteiger partial charge in [-0.1, -0.05) is 30.3 Å². The van der Waals surface area contributed by atoms with Crippen molar-refractivity contribution in [1.29, 1.82) is 0 Å². The first kappa shape index (κ1) is 14.0. The molecule has 2 aromatic carbocycles. The Bertz CT molecular complexity index is 931. The fourth-order valence-electron chi connectivity index (χ4n) is 2.45. The summed E-state index contributed by atoms with van der Waals surface area (Å²) in [5.74, 6) is -1.62. The normalized spacial score (nSPS) is 10.8. The van der Waals surface area contributed by atoms with Crippen molar-refractivity contribution in [3.05, 3.63) is 82.0 Å². The molecule has 0 aliphatic carbocycles. The SMILES string of the molecule is O=C(O)c1cc2ccccc2c(=O)n1Cc1cccc(F)c1. The summed E-state index contributed by atoms with van der Waals surface area (Å²) in [5, 5.41) is 10.4. The molecule has 0 spiro atoms. The van der Waals surface area contributed by atoms with Gasteiger partial charge >= 0.3 is 5.97 Å². The van der Waals surface area contributed by atoms with Crippen LogP contribution < -0.4 is 5.56 Å². The topological polar surface area (TPSA) is 59.3 Å². The van der Waals surface area contributed by atoms with E-state index in [-0.39, 0.29) is 12.2 Å². The lowest BCUT2D eigenvalue weighted by atomic mass is 10.1. The maximum atomic E-state index is 13.3. The number of nitrogens with zero attached hydrogens (tertiary/aromatic N) is 1. The summed E-state index contributed by atoms with van der Waals surface area (Å²) in [4.78, 5) is 24.0. The monoisotopic (exact) mass is 297 g/mol. The minimum Gasteiger partial charge on any atom is -0.477 e. The lowest BCUT2D eigenvalue weighted by Gasteiger charge is -2.12. The highest BCUT2D eigenvalue weighted by Gasteiger charge is 2.14. The smallest absolute Gasteiger partial charge is 0.352 e. The quantitative estimate of drug-likeness (QED) is 0.808. The Balaban J connectivity index is 2.23. The van der Waals surface area contributed by atoms with Gasteiger partial charge in [0, 0.05) is 5.39 Å². The van der Waals surface area contributed by atoms with Crippen molar-refractivity contribution in [2.45, 2.75) is 6.54 Å². The average Bonchev–Trinajstić information content (AvgIpc) is 2.50. The summed E-state index contributed by atoms with van der Waals surface area (Å²) in [7, 11) is 0. The molecule has 0 radical (unpaired) electrons. The van der Waals surface area contributed by atoms with Crippen molar-refractivity contribution in [3.8, 4) is 0 Å². The van der Waals surface area contributed by atoms with E-state index in [1.165, 1.54) is 24.3 Å². The minimum atomic E-state index is -1.20. The minimum absolute atomic E-state index is 0.00304. The number of hydrogen-bond donors (Lipinski definition) is 1. The highest BCUT2D eigenvalue weighted by atomic mass is 19.1. The Labute approximate surface area is 125 Å². The zero-order valence-corrected chi connectivity index (χ0v) is 11.5. The molecular formula is C17H12FNO3. The van der Waals surface area contributed by atoms with E-state index in [2.05, 4.69) is 0 Å². The molecule has 0 unspecified atom stereocenters. The van der Waals surface area contributed by atoms with Crippen LogP contribution in [0.25, 0.3) is 10.8 Å². The van der Waals surface area contributed by atoms with Crippen LogP contribution in [0.5, 0.6) is 0 Å². The molecule has 22 heavy (non-hydrogen) atoms.